The van der Waals surface area contributed by atoms with E-state index in [-0.39, 0.29) is 30.5 Å². The van der Waals surface area contributed by atoms with E-state index in [9.17, 15) is 14.0 Å². The first-order chi connectivity index (χ1) is 11.5. The monoisotopic (exact) mass is 333 g/mol. The average molecular weight is 333 g/mol. The van der Waals surface area contributed by atoms with Crippen molar-refractivity contribution in [1.29, 1.82) is 0 Å². The highest BCUT2D eigenvalue weighted by Gasteiger charge is 2.36. The number of nitrogens with zero attached hydrogens (tertiary/aromatic N) is 2. The zero-order valence-electron chi connectivity index (χ0n) is 14.2. The minimum absolute atomic E-state index is 0.123. The number of aryl methyl sites for hydroxylation is 1. The van der Waals surface area contributed by atoms with Gasteiger partial charge >= 0.3 is 0 Å². The van der Waals surface area contributed by atoms with E-state index in [0.717, 1.165) is 12.1 Å². The molecule has 5 nitrogen and oxygen atoms in total. The van der Waals surface area contributed by atoms with Gasteiger partial charge in [-0.05, 0) is 44.5 Å². The second kappa shape index (κ2) is 6.89. The lowest BCUT2D eigenvalue weighted by Crippen LogP contribution is -2.38. The Morgan fingerprint density at radius 1 is 1.42 bits per heavy atom. The molecule has 130 valence electrons. The highest BCUT2D eigenvalue weighted by Crippen LogP contribution is 2.28. The van der Waals surface area contributed by atoms with Gasteiger partial charge in [-0.2, -0.15) is 0 Å². The molecule has 0 spiro atoms. The topological polar surface area (TPSA) is 52.7 Å². The molecule has 1 saturated heterocycles. The maximum absolute atomic E-state index is 14.1. The van der Waals surface area contributed by atoms with Crippen LogP contribution in [0.4, 0.5) is 10.1 Å². The number of rotatable bonds is 6. The number of halogens is 1. The highest BCUT2D eigenvalue weighted by molar-refractivity contribution is 6.00. The Morgan fingerprint density at radius 3 is 2.83 bits per heavy atom. The van der Waals surface area contributed by atoms with Gasteiger partial charge in [-0.25, -0.2) is 4.39 Å². The van der Waals surface area contributed by atoms with Crippen molar-refractivity contribution < 1.29 is 14.0 Å². The van der Waals surface area contributed by atoms with Crippen LogP contribution in [0, 0.1) is 18.7 Å². The van der Waals surface area contributed by atoms with E-state index in [0.29, 0.717) is 12.6 Å². The Bertz CT molecular complexity index is 645. The first kappa shape index (κ1) is 16.9. The largest absolute Gasteiger partial charge is 0.355 e. The number of hydrogen-bond acceptors (Lipinski definition) is 3. The van der Waals surface area contributed by atoms with Gasteiger partial charge in [0.15, 0.2) is 0 Å². The van der Waals surface area contributed by atoms with Crippen molar-refractivity contribution in [3.8, 4) is 0 Å². The third kappa shape index (κ3) is 3.75. The highest BCUT2D eigenvalue weighted by atomic mass is 19.1. The number of carbonyl (C=O) groups excluding carboxylic acids is 2. The van der Waals surface area contributed by atoms with E-state index in [1.165, 1.54) is 23.8 Å². The number of nitrogens with one attached hydrogen (secondary N) is 1. The fourth-order valence-corrected chi connectivity index (χ4v) is 3.14. The molecule has 2 aliphatic rings. The summed E-state index contributed by atoms with van der Waals surface area (Å²) < 4.78 is 14.1. The Balaban J connectivity index is 1.54. The van der Waals surface area contributed by atoms with E-state index in [1.807, 2.05) is 0 Å². The van der Waals surface area contributed by atoms with E-state index in [1.54, 1.807) is 19.1 Å². The number of benzene rings is 1. The smallest absolute Gasteiger partial charge is 0.227 e. The quantitative estimate of drug-likeness (QED) is 0.862. The van der Waals surface area contributed by atoms with Crippen LogP contribution in [0.2, 0.25) is 0 Å². The van der Waals surface area contributed by atoms with E-state index < -0.39 is 11.7 Å². The first-order valence-electron chi connectivity index (χ1n) is 8.50. The molecule has 2 fully saturated rings. The van der Waals surface area contributed by atoms with Gasteiger partial charge in [0.25, 0.3) is 0 Å². The van der Waals surface area contributed by atoms with Crippen molar-refractivity contribution in [2.45, 2.75) is 32.2 Å². The van der Waals surface area contributed by atoms with Crippen LogP contribution in [0.5, 0.6) is 0 Å². The fraction of sp³-hybridized carbons (Fsp3) is 0.556. The maximum Gasteiger partial charge on any atom is 0.227 e. The normalized spacial score (nSPS) is 20.8. The van der Waals surface area contributed by atoms with Gasteiger partial charge in [-0.3, -0.25) is 9.59 Å². The van der Waals surface area contributed by atoms with Crippen LogP contribution in [-0.2, 0) is 9.59 Å². The number of hydrogen-bond donors (Lipinski definition) is 1. The lowest BCUT2D eigenvalue weighted by molar-refractivity contribution is -0.126. The fourth-order valence-electron chi connectivity index (χ4n) is 3.14. The van der Waals surface area contributed by atoms with Crippen molar-refractivity contribution in [2.24, 2.45) is 5.92 Å². The van der Waals surface area contributed by atoms with Gasteiger partial charge in [0.1, 0.15) is 5.82 Å². The lowest BCUT2D eigenvalue weighted by atomic mass is 10.1. The Morgan fingerprint density at radius 2 is 2.17 bits per heavy atom. The molecule has 0 radical (unpaired) electrons. The lowest BCUT2D eigenvalue weighted by Gasteiger charge is -2.18. The summed E-state index contributed by atoms with van der Waals surface area (Å²) in [5.41, 5.74) is 1.06. The van der Waals surface area contributed by atoms with Gasteiger partial charge in [0.2, 0.25) is 11.8 Å². The molecule has 1 N–H and O–H groups in total. The van der Waals surface area contributed by atoms with Crippen molar-refractivity contribution in [2.75, 3.05) is 31.6 Å². The second-order valence-corrected chi connectivity index (χ2v) is 6.86. The summed E-state index contributed by atoms with van der Waals surface area (Å²) in [5.74, 6) is -1.16. The molecule has 24 heavy (non-hydrogen) atoms. The van der Waals surface area contributed by atoms with Crippen molar-refractivity contribution in [3.05, 3.63) is 29.6 Å². The summed E-state index contributed by atoms with van der Waals surface area (Å²) in [5, 5.41) is 2.90. The van der Waals surface area contributed by atoms with Gasteiger partial charge in [0.05, 0.1) is 11.6 Å². The van der Waals surface area contributed by atoms with Crippen LogP contribution in [0.15, 0.2) is 18.2 Å². The average Bonchev–Trinajstić information content (AvgIpc) is 3.31. The summed E-state index contributed by atoms with van der Waals surface area (Å²) in [6, 6.07) is 5.44. The van der Waals surface area contributed by atoms with E-state index in [4.69, 9.17) is 0 Å². The first-order valence-corrected chi connectivity index (χ1v) is 8.50. The number of carbonyl (C=O) groups is 2. The van der Waals surface area contributed by atoms with Gasteiger partial charge in [0, 0.05) is 32.1 Å². The van der Waals surface area contributed by atoms with Crippen molar-refractivity contribution >= 4 is 17.5 Å². The molecule has 1 unspecified atom stereocenters. The molecule has 3 rings (SSSR count). The molecule has 6 heteroatoms. The Labute approximate surface area is 141 Å². The molecule has 2 amide bonds. The minimum atomic E-state index is -0.421. The molecular formula is C18H24FN3O2. The molecule has 1 aliphatic heterocycles. The molecule has 1 atom stereocenters. The zero-order valence-corrected chi connectivity index (χ0v) is 14.2. The molecule has 1 aliphatic carbocycles. The molecule has 1 saturated carbocycles. The third-order valence-corrected chi connectivity index (χ3v) is 4.82. The van der Waals surface area contributed by atoms with Gasteiger partial charge < -0.3 is 15.1 Å². The summed E-state index contributed by atoms with van der Waals surface area (Å²) >= 11 is 0. The van der Waals surface area contributed by atoms with Crippen molar-refractivity contribution in [3.63, 3.8) is 0 Å². The second-order valence-electron chi connectivity index (χ2n) is 6.86. The number of anilines is 1. The van der Waals surface area contributed by atoms with Crippen LogP contribution >= 0.6 is 0 Å². The van der Waals surface area contributed by atoms with Gasteiger partial charge in [-0.15, -0.1) is 0 Å². The van der Waals surface area contributed by atoms with Gasteiger partial charge in [-0.1, -0.05) is 6.07 Å². The Hall–Kier alpha value is -1.95. The van der Waals surface area contributed by atoms with E-state index in [2.05, 4.69) is 17.3 Å². The predicted molar refractivity (Wildman–Crippen MR) is 90.3 cm³/mol. The van der Waals surface area contributed by atoms with Crippen LogP contribution in [-0.4, -0.2) is 49.4 Å². The van der Waals surface area contributed by atoms with Crippen molar-refractivity contribution in [1.82, 2.24) is 10.2 Å². The SMILES string of the molecule is Cc1ccc(N2CC(C(=O)NCCN(C)C3CC3)CC2=O)c(F)c1. The molecule has 0 aromatic heterocycles. The Kier molecular flexibility index (Phi) is 4.85. The van der Waals surface area contributed by atoms with Crippen LogP contribution < -0.4 is 10.2 Å². The maximum atomic E-state index is 14.1. The minimum Gasteiger partial charge on any atom is -0.355 e. The number of amides is 2. The summed E-state index contributed by atoms with van der Waals surface area (Å²) in [6.45, 7) is 3.43. The van der Waals surface area contributed by atoms with Crippen LogP contribution in [0.25, 0.3) is 0 Å². The summed E-state index contributed by atoms with van der Waals surface area (Å²) in [4.78, 5) is 28.1. The predicted octanol–water partition coefficient (Wildman–Crippen LogP) is 1.70. The zero-order chi connectivity index (χ0) is 17.3. The standard InChI is InChI=1S/C18H24FN3O2/c1-12-3-6-16(15(19)9-12)22-11-13(10-17(22)23)18(24)20-7-8-21(2)14-4-5-14/h3,6,9,13-14H,4-5,7-8,10-11H2,1-2H3,(H,20,24). The van der Waals surface area contributed by atoms with E-state index >= 15 is 0 Å². The van der Waals surface area contributed by atoms with Crippen LogP contribution in [0.3, 0.4) is 0 Å². The number of likely N-dealkylation sites (N-methyl/N-ethyl adjacent to an activating group) is 1. The molecule has 1 aromatic rings. The summed E-state index contributed by atoms with van der Waals surface area (Å²) in [6.07, 6.45) is 2.61. The molecular weight excluding hydrogens is 309 g/mol. The molecule has 1 aromatic carbocycles. The molecule has 0 bridgehead atoms. The molecule has 1 heterocycles. The van der Waals surface area contributed by atoms with Crippen LogP contribution in [0.1, 0.15) is 24.8 Å². The third-order valence-electron chi connectivity index (χ3n) is 4.82. The summed E-state index contributed by atoms with van der Waals surface area (Å²) in [7, 11) is 2.06.